The maximum atomic E-state index is 8.99. The average molecular weight is 125 g/mol. The Balaban J connectivity index is 2.23. The first-order valence-electron chi connectivity index (χ1n) is 3.47. The van der Waals surface area contributed by atoms with Crippen molar-refractivity contribution in [3.05, 3.63) is 0 Å². The second-order valence-corrected chi connectivity index (χ2v) is 2.66. The minimum Gasteiger partial charge on any atom is -0.314 e. The minimum absolute atomic E-state index is 0.517. The lowest BCUT2D eigenvalue weighted by molar-refractivity contribution is -0.115. The Labute approximate surface area is 57.2 Å². The van der Waals surface area contributed by atoms with Crippen LogP contribution in [0, 0.1) is 5.92 Å². The highest BCUT2D eigenvalue weighted by Crippen LogP contribution is 2.16. The van der Waals surface area contributed by atoms with Crippen molar-refractivity contribution in [2.24, 2.45) is 5.92 Å². The fraction of sp³-hybridized carbons (Fsp3) is 1.00. The molecule has 0 aromatic rings. The quantitative estimate of drug-likeness (QED) is 0.520. The van der Waals surface area contributed by atoms with Crippen LogP contribution in [0.25, 0.3) is 0 Å². The van der Waals surface area contributed by atoms with Gasteiger partial charge in [0.25, 0.3) is 0 Å². The molecule has 0 spiro atoms. The number of hydrogen-bond acceptors (Lipinski definition) is 2. The van der Waals surface area contributed by atoms with Crippen LogP contribution in [0.1, 0.15) is 12.8 Å². The SMILES string of the molecule is [B]CC1CCCN(O)C1. The summed E-state index contributed by atoms with van der Waals surface area (Å²) >= 11 is 0. The summed E-state index contributed by atoms with van der Waals surface area (Å²) in [6.45, 7) is 1.58. The van der Waals surface area contributed by atoms with Gasteiger partial charge in [0, 0.05) is 13.1 Å². The molecule has 1 N–H and O–H groups in total. The van der Waals surface area contributed by atoms with Gasteiger partial charge in [-0.15, -0.1) is 0 Å². The molecule has 0 aromatic heterocycles. The summed E-state index contributed by atoms with van der Waals surface area (Å²) < 4.78 is 0. The maximum absolute atomic E-state index is 8.99. The molecule has 3 heteroatoms. The van der Waals surface area contributed by atoms with E-state index in [0.717, 1.165) is 19.5 Å². The number of piperidine rings is 1. The molecule has 9 heavy (non-hydrogen) atoms. The zero-order valence-corrected chi connectivity index (χ0v) is 5.58. The van der Waals surface area contributed by atoms with Crippen LogP contribution in [0.3, 0.4) is 0 Å². The van der Waals surface area contributed by atoms with Gasteiger partial charge < -0.3 is 5.21 Å². The summed E-state index contributed by atoms with van der Waals surface area (Å²) in [5.74, 6) is 0.517. The van der Waals surface area contributed by atoms with Gasteiger partial charge in [-0.1, -0.05) is 6.32 Å². The molecular weight excluding hydrogens is 113 g/mol. The number of hydroxylamine groups is 2. The van der Waals surface area contributed by atoms with Gasteiger partial charge in [0.15, 0.2) is 0 Å². The minimum atomic E-state index is 0.517. The van der Waals surface area contributed by atoms with E-state index in [1.165, 1.54) is 11.5 Å². The molecular formula is C6H12BNO. The van der Waals surface area contributed by atoms with Crippen LogP contribution in [0.15, 0.2) is 0 Å². The van der Waals surface area contributed by atoms with E-state index in [0.29, 0.717) is 12.2 Å². The normalized spacial score (nSPS) is 30.6. The molecule has 1 heterocycles. The van der Waals surface area contributed by atoms with Crippen molar-refractivity contribution in [1.29, 1.82) is 0 Å². The molecule has 50 valence electrons. The molecule has 2 nitrogen and oxygen atoms in total. The Morgan fingerprint density at radius 2 is 2.44 bits per heavy atom. The monoisotopic (exact) mass is 125 g/mol. The van der Waals surface area contributed by atoms with E-state index in [9.17, 15) is 0 Å². The van der Waals surface area contributed by atoms with Gasteiger partial charge in [0.2, 0.25) is 0 Å². The molecule has 0 saturated carbocycles. The third-order valence-electron chi connectivity index (χ3n) is 1.83. The van der Waals surface area contributed by atoms with E-state index in [1.54, 1.807) is 0 Å². The van der Waals surface area contributed by atoms with Crippen LogP contribution in [0.4, 0.5) is 0 Å². The van der Waals surface area contributed by atoms with Crippen molar-refractivity contribution in [1.82, 2.24) is 5.06 Å². The molecule has 0 amide bonds. The molecule has 1 aliphatic heterocycles. The van der Waals surface area contributed by atoms with E-state index < -0.39 is 0 Å². The lowest BCUT2D eigenvalue weighted by Crippen LogP contribution is -2.32. The van der Waals surface area contributed by atoms with E-state index >= 15 is 0 Å². The van der Waals surface area contributed by atoms with Gasteiger partial charge in [-0.2, -0.15) is 5.06 Å². The fourth-order valence-corrected chi connectivity index (χ4v) is 1.24. The highest BCUT2D eigenvalue weighted by Gasteiger charge is 2.15. The van der Waals surface area contributed by atoms with Gasteiger partial charge >= 0.3 is 0 Å². The van der Waals surface area contributed by atoms with E-state index in [2.05, 4.69) is 0 Å². The largest absolute Gasteiger partial charge is 0.314 e. The maximum Gasteiger partial charge on any atom is 0.0657 e. The Kier molecular flexibility index (Phi) is 2.55. The summed E-state index contributed by atoms with van der Waals surface area (Å²) in [5.41, 5.74) is 0. The van der Waals surface area contributed by atoms with E-state index in [1.807, 2.05) is 0 Å². The molecule has 1 saturated heterocycles. The smallest absolute Gasteiger partial charge is 0.0657 e. The molecule has 1 fully saturated rings. The van der Waals surface area contributed by atoms with Crippen LogP contribution < -0.4 is 0 Å². The second kappa shape index (κ2) is 3.23. The molecule has 0 aliphatic carbocycles. The summed E-state index contributed by atoms with van der Waals surface area (Å²) in [7, 11) is 5.43. The first-order valence-corrected chi connectivity index (χ1v) is 3.47. The predicted molar refractivity (Wildman–Crippen MR) is 36.6 cm³/mol. The van der Waals surface area contributed by atoms with Crippen molar-refractivity contribution in [3.63, 3.8) is 0 Å². The predicted octanol–water partition coefficient (Wildman–Crippen LogP) is 0.674. The number of rotatable bonds is 1. The molecule has 1 rings (SSSR count). The van der Waals surface area contributed by atoms with Crippen LogP contribution >= 0.6 is 0 Å². The zero-order chi connectivity index (χ0) is 6.69. The number of hydrogen-bond donors (Lipinski definition) is 1. The Bertz CT molecular complexity index is 89.1. The Morgan fingerprint density at radius 3 is 2.89 bits per heavy atom. The lowest BCUT2D eigenvalue weighted by atomic mass is 9.86. The summed E-state index contributed by atoms with van der Waals surface area (Å²) in [4.78, 5) is 0. The van der Waals surface area contributed by atoms with Crippen LogP contribution in [0.2, 0.25) is 6.32 Å². The first-order chi connectivity index (χ1) is 4.33. The highest BCUT2D eigenvalue weighted by molar-refractivity contribution is 6.08. The van der Waals surface area contributed by atoms with Crippen molar-refractivity contribution < 1.29 is 5.21 Å². The molecule has 1 atom stereocenters. The fourth-order valence-electron chi connectivity index (χ4n) is 1.24. The highest BCUT2D eigenvalue weighted by atomic mass is 16.5. The van der Waals surface area contributed by atoms with Gasteiger partial charge in [-0.25, -0.2) is 0 Å². The van der Waals surface area contributed by atoms with Crippen LogP contribution in [-0.2, 0) is 0 Å². The Hall–Kier alpha value is -0.0151. The van der Waals surface area contributed by atoms with Gasteiger partial charge in [0.05, 0.1) is 7.85 Å². The summed E-state index contributed by atoms with van der Waals surface area (Å²) in [6.07, 6.45) is 2.96. The third-order valence-corrected chi connectivity index (χ3v) is 1.83. The lowest BCUT2D eigenvalue weighted by Gasteiger charge is -2.26. The second-order valence-electron chi connectivity index (χ2n) is 2.66. The topological polar surface area (TPSA) is 23.5 Å². The summed E-state index contributed by atoms with van der Waals surface area (Å²) in [5, 5.41) is 10.4. The van der Waals surface area contributed by atoms with Crippen LogP contribution in [0.5, 0.6) is 0 Å². The zero-order valence-electron chi connectivity index (χ0n) is 5.58. The molecule has 1 aliphatic rings. The van der Waals surface area contributed by atoms with E-state index in [-0.39, 0.29) is 0 Å². The van der Waals surface area contributed by atoms with E-state index in [4.69, 9.17) is 13.1 Å². The molecule has 1 unspecified atom stereocenters. The summed E-state index contributed by atoms with van der Waals surface area (Å²) in [6, 6.07) is 0. The molecule has 0 aromatic carbocycles. The van der Waals surface area contributed by atoms with Gasteiger partial charge in [-0.05, 0) is 18.8 Å². The molecule has 0 bridgehead atoms. The standard InChI is InChI=1S/C6H12BNO/c7-4-6-2-1-3-8(9)5-6/h6,9H,1-5H2. The third kappa shape index (κ3) is 1.99. The van der Waals surface area contributed by atoms with Gasteiger partial charge in [0.1, 0.15) is 0 Å². The first kappa shape index (κ1) is 7.10. The van der Waals surface area contributed by atoms with Crippen molar-refractivity contribution in [2.45, 2.75) is 19.2 Å². The average Bonchev–Trinajstić information content (AvgIpc) is 1.88. The Morgan fingerprint density at radius 1 is 1.67 bits per heavy atom. The molecule has 2 radical (unpaired) electrons. The van der Waals surface area contributed by atoms with Crippen LogP contribution in [-0.4, -0.2) is 31.2 Å². The number of nitrogens with zero attached hydrogens (tertiary/aromatic N) is 1. The van der Waals surface area contributed by atoms with Crippen molar-refractivity contribution in [2.75, 3.05) is 13.1 Å². The van der Waals surface area contributed by atoms with Crippen molar-refractivity contribution >= 4 is 7.85 Å². The van der Waals surface area contributed by atoms with Crippen molar-refractivity contribution in [3.8, 4) is 0 Å². The van der Waals surface area contributed by atoms with Gasteiger partial charge in [-0.3, -0.25) is 0 Å².